The van der Waals surface area contributed by atoms with Crippen LogP contribution in [0.3, 0.4) is 0 Å². The van der Waals surface area contributed by atoms with Crippen molar-refractivity contribution in [1.29, 1.82) is 0 Å². The Bertz CT molecular complexity index is 1220. The Kier molecular flexibility index (Phi) is 14.2. The Morgan fingerprint density at radius 2 is 0.541 bits per heavy atom. The molecule has 0 aromatic heterocycles. The van der Waals surface area contributed by atoms with Gasteiger partial charge < -0.3 is 0 Å². The van der Waals surface area contributed by atoms with Gasteiger partial charge in [0.05, 0.1) is 0 Å². The average Bonchev–Trinajstić information content (AvgIpc) is 2.69. The van der Waals surface area contributed by atoms with Crippen molar-refractivity contribution >= 4 is 55.0 Å². The summed E-state index contributed by atoms with van der Waals surface area (Å²) in [6.07, 6.45) is 0. The maximum absolute atomic E-state index is 8.74. The van der Waals surface area contributed by atoms with Gasteiger partial charge in [0.15, 0.2) is 0 Å². The topological polar surface area (TPSA) is 224 Å². The standard InChI is InChI=1S/C21H21P.3H2O4S/c1-16-4-10-19(11-5-16)22(20-12-6-17(2)7-13-20)21-14-8-18(3)9-15-21;3*1-5(2,3)4/h4-15H,1-3H3;3*(H2,1,2,3,4). The van der Waals surface area contributed by atoms with E-state index < -0.39 is 39.1 Å². The van der Waals surface area contributed by atoms with E-state index in [1.807, 2.05) is 0 Å². The number of benzene rings is 3. The molecule has 0 aliphatic carbocycles. The second kappa shape index (κ2) is 15.2. The average molecular weight is 599 g/mol. The first-order chi connectivity index (χ1) is 16.6. The smallest absolute Gasteiger partial charge is 0.264 e. The van der Waals surface area contributed by atoms with Gasteiger partial charge in [0, 0.05) is 0 Å². The normalized spacial score (nSPS) is 11.2. The largest absolute Gasteiger partial charge is 0.394 e. The van der Waals surface area contributed by atoms with Crippen LogP contribution in [0.4, 0.5) is 0 Å². The molecule has 0 aliphatic rings. The molecule has 0 bridgehead atoms. The van der Waals surface area contributed by atoms with Crippen LogP contribution in [-0.2, 0) is 31.2 Å². The number of aryl methyl sites for hydroxylation is 3. The van der Waals surface area contributed by atoms with E-state index in [1.165, 1.54) is 32.6 Å². The van der Waals surface area contributed by atoms with Gasteiger partial charge in [0.1, 0.15) is 0 Å². The fourth-order valence-corrected chi connectivity index (χ4v) is 4.76. The van der Waals surface area contributed by atoms with Gasteiger partial charge in [-0.3, -0.25) is 27.3 Å². The van der Waals surface area contributed by atoms with E-state index in [0.717, 1.165) is 0 Å². The molecule has 0 spiro atoms. The fourth-order valence-electron chi connectivity index (χ4n) is 2.53. The molecular formula is C21H27O12PS3. The van der Waals surface area contributed by atoms with Crippen LogP contribution in [0.15, 0.2) is 72.8 Å². The Morgan fingerprint density at radius 3 is 0.676 bits per heavy atom. The Balaban J connectivity index is 0.000000711. The van der Waals surface area contributed by atoms with E-state index in [1.54, 1.807) is 0 Å². The number of hydrogen-bond acceptors (Lipinski definition) is 6. The molecule has 0 saturated carbocycles. The lowest BCUT2D eigenvalue weighted by atomic mass is 10.2. The molecule has 3 rings (SSSR count). The molecule has 6 N–H and O–H groups in total. The molecule has 206 valence electrons. The Morgan fingerprint density at radius 1 is 0.405 bits per heavy atom. The number of hydrogen-bond donors (Lipinski definition) is 6. The summed E-state index contributed by atoms with van der Waals surface area (Å²) < 4.78 is 94.8. The highest BCUT2D eigenvalue weighted by Crippen LogP contribution is 2.32. The highest BCUT2D eigenvalue weighted by molar-refractivity contribution is 7.80. The lowest BCUT2D eigenvalue weighted by molar-refractivity contribution is 0.378. The van der Waals surface area contributed by atoms with Gasteiger partial charge in [-0.15, -0.1) is 0 Å². The molecule has 12 nitrogen and oxygen atoms in total. The van der Waals surface area contributed by atoms with E-state index in [-0.39, 0.29) is 0 Å². The lowest BCUT2D eigenvalue weighted by Crippen LogP contribution is -2.20. The third-order valence-corrected chi connectivity index (χ3v) is 6.32. The van der Waals surface area contributed by atoms with Crippen molar-refractivity contribution in [2.24, 2.45) is 0 Å². The quantitative estimate of drug-likeness (QED) is 0.189. The zero-order chi connectivity index (χ0) is 29.0. The first kappa shape index (κ1) is 34.7. The molecule has 0 radical (unpaired) electrons. The maximum atomic E-state index is 8.74. The molecule has 3 aromatic carbocycles. The molecule has 0 aliphatic heterocycles. The van der Waals surface area contributed by atoms with Crippen molar-refractivity contribution in [3.63, 3.8) is 0 Å². The van der Waals surface area contributed by atoms with Crippen molar-refractivity contribution in [3.8, 4) is 0 Å². The summed E-state index contributed by atoms with van der Waals surface area (Å²) in [7, 11) is -14.5. The molecule has 0 atom stereocenters. The molecule has 16 heteroatoms. The van der Waals surface area contributed by atoms with Crippen molar-refractivity contribution in [3.05, 3.63) is 89.5 Å². The van der Waals surface area contributed by atoms with Crippen molar-refractivity contribution in [2.75, 3.05) is 0 Å². The summed E-state index contributed by atoms with van der Waals surface area (Å²) in [5, 5.41) is 4.23. The van der Waals surface area contributed by atoms with Crippen LogP contribution in [0.5, 0.6) is 0 Å². The minimum Gasteiger partial charge on any atom is -0.264 e. The van der Waals surface area contributed by atoms with Gasteiger partial charge in [-0.05, 0) is 44.6 Å². The van der Waals surface area contributed by atoms with Crippen LogP contribution in [0.2, 0.25) is 0 Å². The SMILES string of the molecule is Cc1ccc(P(c2ccc(C)cc2)c2ccc(C)cc2)cc1.O=S(=O)(O)O.O=S(=O)(O)O.O=S(=O)(O)O. The predicted octanol–water partition coefficient (Wildman–Crippen LogP) is 2.41. The van der Waals surface area contributed by atoms with Crippen LogP contribution < -0.4 is 15.9 Å². The van der Waals surface area contributed by atoms with Crippen LogP contribution in [0.25, 0.3) is 0 Å². The molecule has 0 fully saturated rings. The zero-order valence-corrected chi connectivity index (χ0v) is 23.1. The zero-order valence-electron chi connectivity index (χ0n) is 19.7. The monoisotopic (exact) mass is 598 g/mol. The minimum absolute atomic E-state index is 0.483. The third kappa shape index (κ3) is 21.5. The summed E-state index contributed by atoms with van der Waals surface area (Å²) in [4.78, 5) is 0. The van der Waals surface area contributed by atoms with Crippen molar-refractivity contribution in [1.82, 2.24) is 0 Å². The molecule has 0 heterocycles. The van der Waals surface area contributed by atoms with Gasteiger partial charge in [-0.1, -0.05) is 89.5 Å². The fraction of sp³-hybridized carbons (Fsp3) is 0.143. The highest BCUT2D eigenvalue weighted by Gasteiger charge is 2.16. The molecule has 0 saturated heterocycles. The molecule has 37 heavy (non-hydrogen) atoms. The van der Waals surface area contributed by atoms with E-state index in [2.05, 4.69) is 93.6 Å². The maximum Gasteiger partial charge on any atom is 0.394 e. The van der Waals surface area contributed by atoms with Gasteiger partial charge in [0.2, 0.25) is 0 Å². The third-order valence-electron chi connectivity index (χ3n) is 3.88. The first-order valence-corrected chi connectivity index (χ1v) is 15.3. The minimum atomic E-state index is -4.67. The number of rotatable bonds is 3. The summed E-state index contributed by atoms with van der Waals surface area (Å²) in [6.45, 7) is 6.43. The van der Waals surface area contributed by atoms with Crippen molar-refractivity contribution < 1.29 is 52.6 Å². The highest BCUT2D eigenvalue weighted by atomic mass is 32.3. The first-order valence-electron chi connectivity index (χ1n) is 9.73. The van der Waals surface area contributed by atoms with Crippen LogP contribution in [-0.4, -0.2) is 52.6 Å². The van der Waals surface area contributed by atoms with Gasteiger partial charge in [-0.2, -0.15) is 25.3 Å². The van der Waals surface area contributed by atoms with E-state index in [4.69, 9.17) is 52.6 Å². The van der Waals surface area contributed by atoms with Gasteiger partial charge in [-0.25, -0.2) is 0 Å². The van der Waals surface area contributed by atoms with E-state index >= 15 is 0 Å². The second-order valence-corrected chi connectivity index (χ2v) is 12.1. The summed E-state index contributed by atoms with van der Waals surface area (Å²) in [6, 6.07) is 27.0. The molecule has 0 unspecified atom stereocenters. The molecule has 3 aromatic rings. The lowest BCUT2D eigenvalue weighted by Gasteiger charge is -2.20. The van der Waals surface area contributed by atoms with Gasteiger partial charge in [0.25, 0.3) is 0 Å². The second-order valence-electron chi connectivity index (χ2n) is 7.19. The van der Waals surface area contributed by atoms with Gasteiger partial charge >= 0.3 is 31.2 Å². The molecule has 0 amide bonds. The van der Waals surface area contributed by atoms with Crippen LogP contribution in [0, 0.1) is 20.8 Å². The summed E-state index contributed by atoms with van der Waals surface area (Å²) >= 11 is 0. The predicted molar refractivity (Wildman–Crippen MR) is 142 cm³/mol. The summed E-state index contributed by atoms with van der Waals surface area (Å²) in [5.74, 6) is 0. The summed E-state index contributed by atoms with van der Waals surface area (Å²) in [5.41, 5.74) is 3.93. The van der Waals surface area contributed by atoms with E-state index in [9.17, 15) is 0 Å². The van der Waals surface area contributed by atoms with Crippen molar-refractivity contribution in [2.45, 2.75) is 20.8 Å². The molecular weight excluding hydrogens is 571 g/mol. The Hall–Kier alpha value is -2.30. The van der Waals surface area contributed by atoms with E-state index in [0.29, 0.717) is 0 Å². The van der Waals surface area contributed by atoms with Crippen LogP contribution >= 0.6 is 7.92 Å². The van der Waals surface area contributed by atoms with Crippen LogP contribution in [0.1, 0.15) is 16.7 Å². The Labute approximate surface area is 217 Å².